The van der Waals surface area contributed by atoms with Crippen molar-refractivity contribution in [2.75, 3.05) is 7.11 Å². The Hall–Kier alpha value is -4.30. The number of hydrogen-bond acceptors (Lipinski definition) is 6. The summed E-state index contributed by atoms with van der Waals surface area (Å²) in [4.78, 5) is 4.64. The Balaban J connectivity index is 1.19. The average molecular weight is 510 g/mol. The molecule has 2 aromatic heterocycles. The number of aromatic nitrogens is 2. The quantitative estimate of drug-likeness (QED) is 0.210. The van der Waals surface area contributed by atoms with Gasteiger partial charge in [0, 0.05) is 22.8 Å². The Morgan fingerprint density at radius 3 is 2.68 bits per heavy atom. The Morgan fingerprint density at radius 1 is 1.05 bits per heavy atom. The fourth-order valence-corrected chi connectivity index (χ4v) is 5.27. The van der Waals surface area contributed by atoms with Crippen LogP contribution in [0.15, 0.2) is 95.6 Å². The summed E-state index contributed by atoms with van der Waals surface area (Å²) >= 11 is 1.62. The van der Waals surface area contributed by atoms with Crippen LogP contribution in [0.25, 0.3) is 27.5 Å². The van der Waals surface area contributed by atoms with Gasteiger partial charge in [0.25, 0.3) is 0 Å². The van der Waals surface area contributed by atoms with E-state index in [0.717, 1.165) is 50.1 Å². The van der Waals surface area contributed by atoms with Gasteiger partial charge in [-0.05, 0) is 65.1 Å². The van der Waals surface area contributed by atoms with Gasteiger partial charge in [-0.25, -0.2) is 4.39 Å². The summed E-state index contributed by atoms with van der Waals surface area (Å²) < 4.78 is 20.8. The Bertz CT molecular complexity index is 1630. The van der Waals surface area contributed by atoms with Gasteiger partial charge in [0.2, 0.25) is 0 Å². The highest BCUT2D eigenvalue weighted by Gasteiger charge is 2.17. The van der Waals surface area contributed by atoms with Crippen LogP contribution in [0.1, 0.15) is 16.8 Å². The Kier molecular flexibility index (Phi) is 6.24. The zero-order valence-corrected chi connectivity index (χ0v) is 20.9. The minimum Gasteiger partial charge on any atom is -0.497 e. The molecule has 0 aliphatic carbocycles. The fourth-order valence-electron chi connectivity index (χ4n) is 4.48. The molecule has 0 amide bonds. The minimum atomic E-state index is -0.232. The lowest BCUT2D eigenvalue weighted by Crippen LogP contribution is -2.31. The molecule has 1 unspecified atom stereocenters. The summed E-state index contributed by atoms with van der Waals surface area (Å²) in [6, 6.07) is 24.9. The normalized spacial score (nSPS) is 15.3. The van der Waals surface area contributed by atoms with Crippen molar-refractivity contribution in [3.63, 3.8) is 0 Å². The predicted octanol–water partition coefficient (Wildman–Crippen LogP) is 5.93. The summed E-state index contributed by atoms with van der Waals surface area (Å²) in [6.07, 6.45) is 3.62. The first kappa shape index (κ1) is 23.1. The summed E-state index contributed by atoms with van der Waals surface area (Å²) in [7, 11) is 1.66. The standard InChI is InChI=1S/C29H24FN5OS/c1-36-23-12-8-20(9-13-23)26-18-37-29(33-26)34-32-15-22-14-25-24-4-2-3-5-27(24)35(28(25)16-31-22)17-19-6-10-21(30)11-7-19/h2-16,18,29,33-34H,17H2,1H3/b32-15+. The topological polar surface area (TPSA) is 63.5 Å². The third kappa shape index (κ3) is 4.75. The number of nitrogens with one attached hydrogen (secondary N) is 2. The molecular formula is C29H24FN5OS. The highest BCUT2D eigenvalue weighted by atomic mass is 32.2. The molecule has 0 spiro atoms. The summed E-state index contributed by atoms with van der Waals surface area (Å²) in [5.41, 5.74) is 9.13. The third-order valence-electron chi connectivity index (χ3n) is 6.33. The van der Waals surface area contributed by atoms with Crippen LogP contribution in [0.3, 0.4) is 0 Å². The average Bonchev–Trinajstić information content (AvgIpc) is 3.53. The number of fused-ring (bicyclic) bond motifs is 3. The molecule has 3 heterocycles. The molecule has 5 aromatic rings. The lowest BCUT2D eigenvalue weighted by atomic mass is 10.2. The minimum absolute atomic E-state index is 0.0743. The molecule has 6 nitrogen and oxygen atoms in total. The summed E-state index contributed by atoms with van der Waals surface area (Å²) in [6.45, 7) is 0.634. The highest BCUT2D eigenvalue weighted by Crippen LogP contribution is 2.30. The maximum Gasteiger partial charge on any atom is 0.165 e. The van der Waals surface area contributed by atoms with Gasteiger partial charge in [0.05, 0.1) is 36.4 Å². The highest BCUT2D eigenvalue weighted by molar-refractivity contribution is 8.03. The monoisotopic (exact) mass is 509 g/mol. The van der Waals surface area contributed by atoms with E-state index in [9.17, 15) is 4.39 Å². The van der Waals surface area contributed by atoms with Crippen LogP contribution in [0.2, 0.25) is 0 Å². The largest absolute Gasteiger partial charge is 0.497 e. The number of hydrazone groups is 1. The van der Waals surface area contributed by atoms with Gasteiger partial charge in [-0.1, -0.05) is 42.1 Å². The lowest BCUT2D eigenvalue weighted by molar-refractivity contribution is 0.415. The van der Waals surface area contributed by atoms with Gasteiger partial charge < -0.3 is 14.6 Å². The van der Waals surface area contributed by atoms with E-state index in [4.69, 9.17) is 4.74 Å². The SMILES string of the molecule is COc1ccc(C2=CSC(N/N=C/c3cc4c5ccccc5n(Cc5ccc(F)cc5)c4cn3)N2)cc1. The molecule has 3 aromatic carbocycles. The third-order valence-corrected chi connectivity index (χ3v) is 7.20. The van der Waals surface area contributed by atoms with Crippen LogP contribution in [0.5, 0.6) is 5.75 Å². The van der Waals surface area contributed by atoms with E-state index in [1.165, 1.54) is 12.1 Å². The van der Waals surface area contributed by atoms with Gasteiger partial charge in [-0.3, -0.25) is 10.4 Å². The van der Waals surface area contributed by atoms with Gasteiger partial charge >= 0.3 is 0 Å². The molecule has 1 aliphatic rings. The number of nitrogens with zero attached hydrogens (tertiary/aromatic N) is 3. The van der Waals surface area contributed by atoms with Crippen molar-refractivity contribution in [3.05, 3.63) is 113 Å². The number of halogens is 1. The molecule has 2 N–H and O–H groups in total. The van der Waals surface area contributed by atoms with Crippen molar-refractivity contribution in [2.24, 2.45) is 5.10 Å². The zero-order chi connectivity index (χ0) is 25.2. The first-order valence-electron chi connectivity index (χ1n) is 11.8. The van der Waals surface area contributed by atoms with E-state index in [0.29, 0.717) is 6.54 Å². The van der Waals surface area contributed by atoms with Gasteiger partial charge in [-0.2, -0.15) is 5.10 Å². The number of para-hydroxylation sites is 1. The molecule has 184 valence electrons. The van der Waals surface area contributed by atoms with Crippen LogP contribution in [0.4, 0.5) is 4.39 Å². The molecule has 0 bridgehead atoms. The summed E-state index contributed by atoms with van der Waals surface area (Å²) in [5, 5.41) is 12.2. The van der Waals surface area contributed by atoms with Crippen molar-refractivity contribution in [3.8, 4) is 5.75 Å². The van der Waals surface area contributed by atoms with Crippen molar-refractivity contribution in [1.82, 2.24) is 20.3 Å². The van der Waals surface area contributed by atoms with Crippen LogP contribution >= 0.6 is 11.8 Å². The molecule has 1 aliphatic heterocycles. The number of thioether (sulfide) groups is 1. The van der Waals surface area contributed by atoms with E-state index in [1.54, 1.807) is 25.1 Å². The molecule has 37 heavy (non-hydrogen) atoms. The Labute approximate surface area is 217 Å². The molecule has 0 saturated heterocycles. The molecule has 0 saturated carbocycles. The number of pyridine rings is 1. The number of hydrogen-bond donors (Lipinski definition) is 2. The van der Waals surface area contributed by atoms with E-state index < -0.39 is 0 Å². The number of rotatable bonds is 7. The maximum atomic E-state index is 13.4. The Morgan fingerprint density at radius 2 is 1.86 bits per heavy atom. The molecule has 1 atom stereocenters. The van der Waals surface area contributed by atoms with E-state index in [1.807, 2.05) is 54.7 Å². The van der Waals surface area contributed by atoms with Crippen LogP contribution in [-0.2, 0) is 6.54 Å². The molecule has 0 radical (unpaired) electrons. The summed E-state index contributed by atoms with van der Waals surface area (Å²) in [5.74, 6) is 0.599. The lowest BCUT2D eigenvalue weighted by Gasteiger charge is -2.12. The molecule has 6 rings (SSSR count). The van der Waals surface area contributed by atoms with Crippen molar-refractivity contribution < 1.29 is 9.13 Å². The second-order valence-electron chi connectivity index (χ2n) is 8.66. The second kappa shape index (κ2) is 9.99. The molecule has 0 fully saturated rings. The van der Waals surface area contributed by atoms with Crippen molar-refractivity contribution >= 4 is 45.5 Å². The van der Waals surface area contributed by atoms with Crippen LogP contribution in [0, 0.1) is 5.82 Å². The number of benzene rings is 3. The zero-order valence-electron chi connectivity index (χ0n) is 20.1. The molecule has 8 heteroatoms. The molecular weight excluding hydrogens is 485 g/mol. The first-order chi connectivity index (χ1) is 18.2. The number of ether oxygens (including phenoxy) is 1. The van der Waals surface area contributed by atoms with E-state index in [-0.39, 0.29) is 11.3 Å². The van der Waals surface area contributed by atoms with E-state index in [2.05, 4.69) is 49.0 Å². The predicted molar refractivity (Wildman–Crippen MR) is 149 cm³/mol. The fraction of sp³-hybridized carbons (Fsp3) is 0.103. The van der Waals surface area contributed by atoms with Gasteiger partial charge in [-0.15, -0.1) is 0 Å². The maximum absolute atomic E-state index is 13.4. The second-order valence-corrected chi connectivity index (χ2v) is 9.64. The van der Waals surface area contributed by atoms with Crippen molar-refractivity contribution in [1.29, 1.82) is 0 Å². The van der Waals surface area contributed by atoms with Crippen LogP contribution in [-0.4, -0.2) is 28.4 Å². The van der Waals surface area contributed by atoms with Gasteiger partial charge in [0.15, 0.2) is 5.50 Å². The van der Waals surface area contributed by atoms with Crippen molar-refractivity contribution in [2.45, 2.75) is 12.0 Å². The number of methoxy groups -OCH3 is 1. The smallest absolute Gasteiger partial charge is 0.165 e. The van der Waals surface area contributed by atoms with Crippen LogP contribution < -0.4 is 15.5 Å². The van der Waals surface area contributed by atoms with E-state index >= 15 is 0 Å². The first-order valence-corrected chi connectivity index (χ1v) is 12.8. The van der Waals surface area contributed by atoms with Gasteiger partial charge in [0.1, 0.15) is 11.6 Å².